The Hall–Kier alpha value is -3.92. The monoisotopic (exact) mass is 781 g/mol. The smallest absolute Gasteiger partial charge is 0.294 e. The first-order chi connectivity index (χ1) is 24.7. The fourth-order valence-corrected chi connectivity index (χ4v) is 9.74. The Morgan fingerprint density at radius 1 is 0.698 bits per heavy atom. The zero-order chi connectivity index (χ0) is 38.6. The lowest BCUT2D eigenvalue weighted by Crippen LogP contribution is -2.28. The summed E-state index contributed by atoms with van der Waals surface area (Å²) in [7, 11) is -12.6. The van der Waals surface area contributed by atoms with Crippen molar-refractivity contribution in [3.63, 3.8) is 0 Å². The molecule has 0 bridgehead atoms. The van der Waals surface area contributed by atoms with E-state index in [1.54, 1.807) is 12.1 Å². The molecule has 0 aromatic heterocycles. The fourth-order valence-electron chi connectivity index (χ4n) is 8.09. The summed E-state index contributed by atoms with van der Waals surface area (Å²) in [6, 6.07) is 20.7. The predicted molar refractivity (Wildman–Crippen MR) is 209 cm³/mol. The van der Waals surface area contributed by atoms with Crippen molar-refractivity contribution in [3.8, 4) is 0 Å². The molecule has 0 aliphatic carbocycles. The van der Waals surface area contributed by atoms with Crippen molar-refractivity contribution in [2.24, 2.45) is 0 Å². The Kier molecular flexibility index (Phi) is 10.3. The van der Waals surface area contributed by atoms with Crippen LogP contribution in [0, 0.1) is 0 Å². The summed E-state index contributed by atoms with van der Waals surface area (Å²) < 4.78 is 100. The minimum atomic E-state index is -4.41. The molecule has 2 aliphatic rings. The van der Waals surface area contributed by atoms with Crippen LogP contribution in [0.3, 0.4) is 0 Å². The van der Waals surface area contributed by atoms with Gasteiger partial charge in [0, 0.05) is 47.5 Å². The average Bonchev–Trinajstić information content (AvgIpc) is 3.42. The van der Waals surface area contributed by atoms with Crippen LogP contribution >= 0.6 is 0 Å². The molecule has 0 fully saturated rings. The van der Waals surface area contributed by atoms with E-state index in [9.17, 15) is 38.9 Å². The largest absolute Gasteiger partial charge is 0.344 e. The van der Waals surface area contributed by atoms with Gasteiger partial charge in [0.05, 0.1) is 21.8 Å². The molecule has 6 rings (SSSR count). The van der Waals surface area contributed by atoms with Crippen molar-refractivity contribution in [1.82, 2.24) is 0 Å². The Morgan fingerprint density at radius 3 is 2.02 bits per heavy atom. The third-order valence-electron chi connectivity index (χ3n) is 10.4. The molecule has 0 atom stereocenters. The van der Waals surface area contributed by atoms with Crippen molar-refractivity contribution in [3.05, 3.63) is 102 Å². The third kappa shape index (κ3) is 7.84. The maximum Gasteiger partial charge on any atom is 0.294 e. The number of anilines is 1. The number of fused-ring (bicyclic) bond motifs is 6. The van der Waals surface area contributed by atoms with Crippen LogP contribution in [0.4, 0.5) is 11.4 Å². The van der Waals surface area contributed by atoms with Crippen molar-refractivity contribution < 1.29 is 43.5 Å². The first-order valence-electron chi connectivity index (χ1n) is 17.5. The number of hydrogen-bond donors (Lipinski definition) is 3. The highest BCUT2D eigenvalue weighted by Crippen LogP contribution is 2.51. The highest BCUT2D eigenvalue weighted by Gasteiger charge is 2.46. The van der Waals surface area contributed by atoms with Crippen LogP contribution in [0.5, 0.6) is 0 Å². The van der Waals surface area contributed by atoms with Gasteiger partial charge in [0.15, 0.2) is 5.71 Å². The molecular weight excluding hydrogens is 737 g/mol. The van der Waals surface area contributed by atoms with E-state index in [-0.39, 0.29) is 22.8 Å². The molecule has 0 saturated carbocycles. The summed E-state index contributed by atoms with van der Waals surface area (Å²) >= 11 is 0. The topological polar surface area (TPSA) is 169 Å². The van der Waals surface area contributed by atoms with Gasteiger partial charge in [-0.1, -0.05) is 56.3 Å². The van der Waals surface area contributed by atoms with Gasteiger partial charge in [-0.05, 0) is 90.6 Å². The average molecular weight is 782 g/mol. The third-order valence-corrected chi connectivity index (χ3v) is 12.9. The van der Waals surface area contributed by atoms with E-state index < -0.39 is 41.2 Å². The summed E-state index contributed by atoms with van der Waals surface area (Å²) in [5.74, 6) is -0.664. The molecule has 0 saturated heterocycles. The molecule has 53 heavy (non-hydrogen) atoms. The minimum absolute atomic E-state index is 0.200. The van der Waals surface area contributed by atoms with Gasteiger partial charge in [0.2, 0.25) is 5.69 Å². The highest BCUT2D eigenvalue weighted by molar-refractivity contribution is 7.86. The Bertz CT molecular complexity index is 2550. The normalized spacial score (nSPS) is 17.8. The SMILES string of the molecule is CC1(C)C(C=C/C=C2/N(CCCCS(=O)(=O)O)c3ccc4cc(S(=O)(=O)O)ccc4c3C2(C)C)=[N+](CCCCS(=O)(=O)O)c2ccc3ccccc3c21. The van der Waals surface area contributed by atoms with Crippen molar-refractivity contribution >= 4 is 69.0 Å². The van der Waals surface area contributed by atoms with Gasteiger partial charge in [-0.25, -0.2) is 0 Å². The zero-order valence-corrected chi connectivity index (χ0v) is 32.6. The molecule has 0 radical (unpaired) electrons. The van der Waals surface area contributed by atoms with Crippen LogP contribution < -0.4 is 4.90 Å². The van der Waals surface area contributed by atoms with Gasteiger partial charge in [-0.2, -0.15) is 29.8 Å². The lowest BCUT2D eigenvalue weighted by molar-refractivity contribution is -0.438. The quantitative estimate of drug-likeness (QED) is 0.0717. The molecule has 4 aromatic carbocycles. The Labute approximate surface area is 311 Å². The maximum absolute atomic E-state index is 11.9. The summed E-state index contributed by atoms with van der Waals surface area (Å²) in [5, 5.41) is 3.71. The summed E-state index contributed by atoms with van der Waals surface area (Å²) in [4.78, 5) is 1.94. The van der Waals surface area contributed by atoms with Crippen LogP contribution in [-0.4, -0.2) is 73.8 Å². The fraction of sp³-hybridized carbons (Fsp3) is 0.359. The molecule has 11 nitrogen and oxygen atoms in total. The van der Waals surface area contributed by atoms with E-state index in [0.717, 1.165) is 44.5 Å². The van der Waals surface area contributed by atoms with E-state index in [2.05, 4.69) is 67.5 Å². The summed E-state index contributed by atoms with van der Waals surface area (Å²) in [6.07, 6.45) is 7.69. The second-order valence-electron chi connectivity index (χ2n) is 14.8. The van der Waals surface area contributed by atoms with Gasteiger partial charge in [0.25, 0.3) is 30.4 Å². The predicted octanol–water partition coefficient (Wildman–Crippen LogP) is 7.19. The second kappa shape index (κ2) is 14.1. The van der Waals surface area contributed by atoms with Crippen molar-refractivity contribution in [2.75, 3.05) is 29.5 Å². The van der Waals surface area contributed by atoms with Crippen LogP contribution in [0.1, 0.15) is 64.5 Å². The first kappa shape index (κ1) is 38.8. The van der Waals surface area contributed by atoms with Crippen molar-refractivity contribution in [1.29, 1.82) is 0 Å². The van der Waals surface area contributed by atoms with Gasteiger partial charge in [0.1, 0.15) is 6.54 Å². The molecule has 2 aliphatic heterocycles. The molecule has 14 heteroatoms. The summed E-state index contributed by atoms with van der Waals surface area (Å²) in [6.45, 7) is 9.50. The van der Waals surface area contributed by atoms with E-state index in [1.807, 2.05) is 30.4 Å². The van der Waals surface area contributed by atoms with E-state index in [0.29, 0.717) is 37.7 Å². The number of rotatable bonds is 13. The minimum Gasteiger partial charge on any atom is -0.344 e. The lowest BCUT2D eigenvalue weighted by Gasteiger charge is -2.27. The molecule has 0 amide bonds. The van der Waals surface area contributed by atoms with E-state index >= 15 is 0 Å². The molecule has 4 aromatic rings. The molecule has 2 heterocycles. The van der Waals surface area contributed by atoms with Gasteiger partial charge in [-0.3, -0.25) is 13.7 Å². The molecule has 282 valence electrons. The molecule has 0 spiro atoms. The molecular formula is C39H45N2O9S3+. The highest BCUT2D eigenvalue weighted by atomic mass is 32.2. The number of unbranched alkanes of at least 4 members (excludes halogenated alkanes) is 2. The van der Waals surface area contributed by atoms with Crippen LogP contribution in [0.2, 0.25) is 0 Å². The van der Waals surface area contributed by atoms with E-state index in [1.165, 1.54) is 17.7 Å². The number of benzene rings is 4. The first-order valence-corrected chi connectivity index (χ1v) is 22.1. The van der Waals surface area contributed by atoms with Gasteiger partial charge >= 0.3 is 0 Å². The van der Waals surface area contributed by atoms with Crippen molar-refractivity contribution in [2.45, 2.75) is 69.1 Å². The number of nitrogens with zero attached hydrogens (tertiary/aromatic N) is 2. The Balaban J connectivity index is 1.44. The molecule has 0 unspecified atom stereocenters. The van der Waals surface area contributed by atoms with Gasteiger partial charge in [-0.15, -0.1) is 0 Å². The molecule has 3 N–H and O–H groups in total. The Morgan fingerprint density at radius 2 is 1.34 bits per heavy atom. The van der Waals surface area contributed by atoms with E-state index in [4.69, 9.17) is 0 Å². The summed E-state index contributed by atoms with van der Waals surface area (Å²) in [5.41, 5.74) is 4.98. The lowest BCUT2D eigenvalue weighted by atomic mass is 9.79. The number of hydrogen-bond acceptors (Lipinski definition) is 7. The maximum atomic E-state index is 11.9. The standard InChI is InChI=1S/C39H44N2O9S3/c1-38(2)34(40(22-7-9-24-51(42,43)44)32-20-16-27-12-5-6-13-30(27)36(32)38)14-11-15-35-39(3,4)37-31-19-18-29(53(48,49)50)26-28(31)17-21-33(37)41(35)23-8-10-25-52(45,46)47/h5-6,11-21,26H,7-10,22-25H2,1-4H3,(H2-,42,43,44,45,46,47,48,49,50)/p+1. The van der Waals surface area contributed by atoms with Gasteiger partial charge < -0.3 is 4.90 Å². The van der Waals surface area contributed by atoms with Crippen LogP contribution in [0.15, 0.2) is 95.6 Å². The van der Waals surface area contributed by atoms with Crippen LogP contribution in [-0.2, 0) is 41.2 Å². The van der Waals surface area contributed by atoms with Crippen LogP contribution in [0.25, 0.3) is 21.5 Å². The number of allylic oxidation sites excluding steroid dienone is 4. The zero-order valence-electron chi connectivity index (χ0n) is 30.2. The second-order valence-corrected chi connectivity index (χ2v) is 19.4.